The zero-order valence-corrected chi connectivity index (χ0v) is 23.4. The Kier molecular flexibility index (Phi) is 7.34. The topological polar surface area (TPSA) is 116 Å². The van der Waals surface area contributed by atoms with Crippen LogP contribution >= 0.6 is 0 Å². The van der Waals surface area contributed by atoms with Crippen molar-refractivity contribution in [1.82, 2.24) is 9.36 Å². The Bertz CT molecular complexity index is 1970. The van der Waals surface area contributed by atoms with Gasteiger partial charge < -0.3 is 4.74 Å². The van der Waals surface area contributed by atoms with E-state index in [0.717, 1.165) is 10.8 Å². The van der Waals surface area contributed by atoms with Crippen LogP contribution in [-0.2, 0) is 21.8 Å². The molecule has 1 N–H and O–H groups in total. The Hall–Kier alpha value is -4.96. The van der Waals surface area contributed by atoms with Crippen molar-refractivity contribution in [3.8, 4) is 5.69 Å². The van der Waals surface area contributed by atoms with E-state index in [1.165, 1.54) is 22.9 Å². The van der Waals surface area contributed by atoms with Gasteiger partial charge in [0.25, 0.3) is 15.6 Å². The number of benzene rings is 4. The van der Waals surface area contributed by atoms with E-state index in [-0.39, 0.29) is 21.9 Å². The number of hydrogen-bond acceptors (Lipinski definition) is 6. The van der Waals surface area contributed by atoms with E-state index in [2.05, 4.69) is 4.72 Å². The molecule has 0 fully saturated rings. The summed E-state index contributed by atoms with van der Waals surface area (Å²) in [5.41, 5.74) is 1.21. The van der Waals surface area contributed by atoms with Gasteiger partial charge in [0, 0.05) is 12.6 Å². The normalized spacial score (nSPS) is 11.4. The molecule has 0 aliphatic carbocycles. The van der Waals surface area contributed by atoms with Gasteiger partial charge in [-0.15, -0.1) is 0 Å². The number of nitrogens with one attached hydrogen (secondary N) is 1. The third-order valence-corrected chi connectivity index (χ3v) is 8.30. The predicted octanol–water partition coefficient (Wildman–Crippen LogP) is 4.79. The number of carbonyl (C=O) groups is 2. The second-order valence-corrected chi connectivity index (χ2v) is 11.2. The first-order valence-electron chi connectivity index (χ1n) is 12.7. The van der Waals surface area contributed by atoms with Crippen LogP contribution in [0.25, 0.3) is 16.5 Å². The summed E-state index contributed by atoms with van der Waals surface area (Å²) in [4.78, 5) is 38.8. The average molecular weight is 570 g/mol. The number of sulfonamides is 1. The highest BCUT2D eigenvalue weighted by atomic mass is 32.2. The molecule has 10 heteroatoms. The average Bonchev–Trinajstić information content (AvgIpc) is 3.18. The van der Waals surface area contributed by atoms with E-state index in [1.807, 2.05) is 36.4 Å². The molecule has 0 radical (unpaired) electrons. The number of hydrogen-bond donors (Lipinski definition) is 1. The molecule has 5 rings (SSSR count). The van der Waals surface area contributed by atoms with Gasteiger partial charge in [-0.05, 0) is 54.4 Å². The van der Waals surface area contributed by atoms with Crippen LogP contribution in [0.15, 0.2) is 101 Å². The van der Waals surface area contributed by atoms with Gasteiger partial charge in [0.15, 0.2) is 6.61 Å². The van der Waals surface area contributed by atoms with Gasteiger partial charge in [-0.2, -0.15) is 0 Å². The number of ether oxygens (including phenoxy) is 1. The Morgan fingerprint density at radius 3 is 2.29 bits per heavy atom. The molecule has 0 aliphatic rings. The fourth-order valence-electron chi connectivity index (χ4n) is 4.62. The number of rotatable bonds is 8. The summed E-state index contributed by atoms with van der Waals surface area (Å²) in [6, 6.07) is 25.5. The minimum absolute atomic E-state index is 0.00919. The van der Waals surface area contributed by atoms with Crippen molar-refractivity contribution in [2.75, 3.05) is 11.3 Å². The molecule has 5 aromatic rings. The molecular formula is C31H27N3O6S. The van der Waals surface area contributed by atoms with Crippen LogP contribution in [0, 0.1) is 13.8 Å². The fraction of sp³-hybridized carbons (Fsp3) is 0.129. The molecule has 1 aromatic heterocycles. The first-order valence-corrected chi connectivity index (χ1v) is 14.2. The second kappa shape index (κ2) is 10.9. The Morgan fingerprint density at radius 2 is 1.54 bits per heavy atom. The number of aromatic nitrogens is 2. The molecule has 0 spiro atoms. The van der Waals surface area contributed by atoms with E-state index in [1.54, 1.807) is 62.0 Å². The van der Waals surface area contributed by atoms with Crippen molar-refractivity contribution in [2.24, 2.45) is 7.05 Å². The monoisotopic (exact) mass is 569 g/mol. The Morgan fingerprint density at radius 1 is 0.854 bits per heavy atom. The van der Waals surface area contributed by atoms with Crippen LogP contribution in [0.4, 0.5) is 5.69 Å². The highest BCUT2D eigenvalue weighted by Gasteiger charge is 2.24. The highest BCUT2D eigenvalue weighted by Crippen LogP contribution is 2.23. The molecule has 4 aromatic carbocycles. The van der Waals surface area contributed by atoms with Gasteiger partial charge in [0.1, 0.15) is 5.69 Å². The molecule has 0 atom stereocenters. The molecule has 41 heavy (non-hydrogen) atoms. The summed E-state index contributed by atoms with van der Waals surface area (Å²) in [5, 5.41) is 1.63. The lowest BCUT2D eigenvalue weighted by molar-refractivity contribution is 0.0474. The molecule has 9 nitrogen and oxygen atoms in total. The molecule has 208 valence electrons. The number of anilines is 1. The number of aryl methyl sites for hydroxylation is 1. The lowest BCUT2D eigenvalue weighted by Crippen LogP contribution is -2.23. The van der Waals surface area contributed by atoms with Crippen molar-refractivity contribution in [3.05, 3.63) is 124 Å². The Labute approximate surface area is 236 Å². The third-order valence-electron chi connectivity index (χ3n) is 6.95. The number of nitrogens with zero attached hydrogens (tertiary/aromatic N) is 2. The first-order chi connectivity index (χ1) is 19.6. The van der Waals surface area contributed by atoms with E-state index >= 15 is 0 Å². The van der Waals surface area contributed by atoms with Gasteiger partial charge >= 0.3 is 5.97 Å². The van der Waals surface area contributed by atoms with Crippen LogP contribution in [0.5, 0.6) is 0 Å². The highest BCUT2D eigenvalue weighted by molar-refractivity contribution is 7.92. The molecule has 0 aliphatic heterocycles. The van der Waals surface area contributed by atoms with Gasteiger partial charge in [-0.1, -0.05) is 66.7 Å². The zero-order chi connectivity index (χ0) is 29.3. The van der Waals surface area contributed by atoms with Gasteiger partial charge in [-0.3, -0.25) is 19.0 Å². The summed E-state index contributed by atoms with van der Waals surface area (Å²) >= 11 is 0. The van der Waals surface area contributed by atoms with Crippen molar-refractivity contribution in [2.45, 2.75) is 18.7 Å². The van der Waals surface area contributed by atoms with Gasteiger partial charge in [0.05, 0.1) is 21.8 Å². The summed E-state index contributed by atoms with van der Waals surface area (Å²) in [5.74, 6) is -1.22. The number of Topliss-reactive ketones (excluding diaryl/α,β-unsaturated/α-hetero) is 1. The summed E-state index contributed by atoms with van der Waals surface area (Å²) in [6.45, 7) is 2.75. The van der Waals surface area contributed by atoms with Crippen molar-refractivity contribution >= 4 is 38.2 Å². The lowest BCUT2D eigenvalue weighted by atomic mass is 10.0. The maximum Gasteiger partial charge on any atom is 0.338 e. The quantitative estimate of drug-likeness (QED) is 0.212. The smallest absolute Gasteiger partial charge is 0.338 e. The van der Waals surface area contributed by atoms with Crippen molar-refractivity contribution in [3.63, 3.8) is 0 Å². The molecule has 0 amide bonds. The lowest BCUT2D eigenvalue weighted by Gasteiger charge is -2.11. The molecule has 0 bridgehead atoms. The van der Waals surface area contributed by atoms with E-state index in [4.69, 9.17) is 4.74 Å². The maximum atomic E-state index is 13.4. The third kappa shape index (κ3) is 5.29. The number of carbonyl (C=O) groups excluding carboxylic acids is 2. The largest absolute Gasteiger partial charge is 0.454 e. The van der Waals surface area contributed by atoms with E-state index < -0.39 is 28.2 Å². The van der Waals surface area contributed by atoms with Crippen LogP contribution in [0.2, 0.25) is 0 Å². The summed E-state index contributed by atoms with van der Waals surface area (Å²) < 4.78 is 37.3. The van der Waals surface area contributed by atoms with Crippen molar-refractivity contribution in [1.29, 1.82) is 0 Å². The second-order valence-electron chi connectivity index (χ2n) is 9.54. The van der Waals surface area contributed by atoms with Crippen LogP contribution in [0.1, 0.15) is 32.0 Å². The number of fused-ring (bicyclic) bond motifs is 1. The maximum absolute atomic E-state index is 13.4. The van der Waals surface area contributed by atoms with Gasteiger partial charge in [0.2, 0.25) is 5.78 Å². The summed E-state index contributed by atoms with van der Waals surface area (Å²) in [6.07, 6.45) is 0. The first kappa shape index (κ1) is 27.6. The molecule has 0 saturated heterocycles. The SMILES string of the molecule is Cc1ccc(S(=O)(=O)Nc2c(C)n(C)n(-c3ccccc3)c2=O)cc1C(=O)OCC(=O)c1cccc2ccccc12. The molecular weight excluding hydrogens is 542 g/mol. The number of esters is 1. The minimum atomic E-state index is -4.27. The summed E-state index contributed by atoms with van der Waals surface area (Å²) in [7, 11) is -2.61. The Balaban J connectivity index is 1.38. The standard InChI is InChI=1S/C31H27N3O6S/c1-20-16-17-24(41(38,39)32-29-21(2)33(3)34(30(29)36)23-12-5-4-6-13-23)18-27(20)31(37)40-19-28(35)26-15-9-11-22-10-7-8-14-25(22)26/h4-18,32H,19H2,1-3H3. The molecule has 0 saturated carbocycles. The molecule has 0 unspecified atom stereocenters. The van der Waals surface area contributed by atoms with Gasteiger partial charge in [-0.25, -0.2) is 17.9 Å². The van der Waals surface area contributed by atoms with Crippen LogP contribution < -0.4 is 10.3 Å². The van der Waals surface area contributed by atoms with Crippen LogP contribution in [-0.4, -0.2) is 36.1 Å². The number of para-hydroxylation sites is 1. The predicted molar refractivity (Wildman–Crippen MR) is 156 cm³/mol. The van der Waals surface area contributed by atoms with E-state index in [0.29, 0.717) is 22.5 Å². The molecule has 1 heterocycles. The van der Waals surface area contributed by atoms with Crippen LogP contribution in [0.3, 0.4) is 0 Å². The van der Waals surface area contributed by atoms with Crippen molar-refractivity contribution < 1.29 is 22.7 Å². The fourth-order valence-corrected chi connectivity index (χ4v) is 5.76. The van der Waals surface area contributed by atoms with E-state index in [9.17, 15) is 22.8 Å². The zero-order valence-electron chi connectivity index (χ0n) is 22.6. The number of ketones is 1. The minimum Gasteiger partial charge on any atom is -0.454 e.